The van der Waals surface area contributed by atoms with Gasteiger partial charge >= 0.3 is 0 Å². The molecule has 8 nitrogen and oxygen atoms in total. The molecule has 0 unspecified atom stereocenters. The lowest BCUT2D eigenvalue weighted by Gasteiger charge is -2.49. The average Bonchev–Trinajstić information content (AvgIpc) is 3.16. The predicted molar refractivity (Wildman–Crippen MR) is 101 cm³/mol. The van der Waals surface area contributed by atoms with Crippen LogP contribution >= 0.6 is 22.7 Å². The Bertz CT molecular complexity index is 736. The van der Waals surface area contributed by atoms with Gasteiger partial charge in [-0.3, -0.25) is 9.59 Å². The van der Waals surface area contributed by atoms with Gasteiger partial charge in [-0.25, -0.2) is 0 Å². The van der Waals surface area contributed by atoms with Crippen molar-refractivity contribution >= 4 is 45.8 Å². The fourth-order valence-corrected chi connectivity index (χ4v) is 6.18. The molecule has 1 aliphatic rings. The van der Waals surface area contributed by atoms with Crippen LogP contribution < -0.4 is 10.6 Å². The molecule has 0 aromatic carbocycles. The number of carbonyl (C=O) groups is 2. The molecule has 10 heteroatoms. The third-order valence-electron chi connectivity index (χ3n) is 5.11. The molecular formula is C16H22N6O2S2. The first-order valence-corrected chi connectivity index (χ1v) is 9.97. The SMILES string of the molecule is CC1(C)CC(C)(C)[C@H](c2nnc(NC=O)s2)C[C@H]1c1nnc(NC=O)s1. The van der Waals surface area contributed by atoms with Crippen molar-refractivity contribution in [2.75, 3.05) is 10.6 Å². The van der Waals surface area contributed by atoms with Gasteiger partial charge in [-0.15, -0.1) is 20.4 Å². The molecule has 0 radical (unpaired) electrons. The summed E-state index contributed by atoms with van der Waals surface area (Å²) in [6, 6.07) is 0. The van der Waals surface area contributed by atoms with E-state index >= 15 is 0 Å². The Morgan fingerprint density at radius 2 is 1.27 bits per heavy atom. The van der Waals surface area contributed by atoms with Crippen LogP contribution in [0.3, 0.4) is 0 Å². The van der Waals surface area contributed by atoms with Gasteiger partial charge in [0.2, 0.25) is 23.1 Å². The lowest BCUT2D eigenvalue weighted by atomic mass is 9.55. The maximum absolute atomic E-state index is 10.6. The minimum absolute atomic E-state index is 0.0343. The number of anilines is 2. The van der Waals surface area contributed by atoms with Crippen LogP contribution in [0, 0.1) is 10.8 Å². The molecule has 1 aliphatic carbocycles. The fraction of sp³-hybridized carbons (Fsp3) is 0.625. The van der Waals surface area contributed by atoms with Crippen LogP contribution in [0.4, 0.5) is 10.3 Å². The summed E-state index contributed by atoms with van der Waals surface area (Å²) in [6.45, 7) is 9.01. The van der Waals surface area contributed by atoms with Crippen molar-refractivity contribution in [3.63, 3.8) is 0 Å². The molecule has 2 amide bonds. The molecular weight excluding hydrogens is 372 g/mol. The second-order valence-electron chi connectivity index (χ2n) is 7.91. The summed E-state index contributed by atoms with van der Waals surface area (Å²) < 4.78 is 0. The Hall–Kier alpha value is -1.94. The van der Waals surface area contributed by atoms with E-state index in [9.17, 15) is 9.59 Å². The Balaban J connectivity index is 1.92. The molecule has 2 aromatic rings. The zero-order valence-electron chi connectivity index (χ0n) is 15.1. The van der Waals surface area contributed by atoms with Gasteiger partial charge in [0.25, 0.3) is 0 Å². The van der Waals surface area contributed by atoms with Crippen molar-refractivity contribution < 1.29 is 9.59 Å². The molecule has 0 aliphatic heterocycles. The monoisotopic (exact) mass is 394 g/mol. The van der Waals surface area contributed by atoms with Crippen LogP contribution in [0.1, 0.15) is 62.4 Å². The maximum atomic E-state index is 10.6. The van der Waals surface area contributed by atoms with Crippen LogP contribution in [-0.2, 0) is 9.59 Å². The molecule has 0 spiro atoms. The summed E-state index contributed by atoms with van der Waals surface area (Å²) in [5.41, 5.74) is 0.0685. The predicted octanol–water partition coefficient (Wildman–Crippen LogP) is 3.24. The van der Waals surface area contributed by atoms with Crippen LogP contribution in [0.2, 0.25) is 0 Å². The van der Waals surface area contributed by atoms with E-state index in [4.69, 9.17) is 0 Å². The summed E-state index contributed by atoms with van der Waals surface area (Å²) in [4.78, 5) is 21.3. The first-order chi connectivity index (χ1) is 12.3. The van der Waals surface area contributed by atoms with Gasteiger partial charge < -0.3 is 10.6 Å². The molecule has 0 bridgehead atoms. The second kappa shape index (κ2) is 6.99. The van der Waals surface area contributed by atoms with Gasteiger partial charge in [-0.1, -0.05) is 50.4 Å². The third kappa shape index (κ3) is 3.61. The zero-order valence-corrected chi connectivity index (χ0v) is 16.8. The van der Waals surface area contributed by atoms with Gasteiger partial charge in [-0.2, -0.15) is 0 Å². The Morgan fingerprint density at radius 3 is 1.65 bits per heavy atom. The van der Waals surface area contributed by atoms with Crippen molar-refractivity contribution in [2.24, 2.45) is 10.8 Å². The van der Waals surface area contributed by atoms with E-state index in [-0.39, 0.29) is 22.7 Å². The van der Waals surface area contributed by atoms with Crippen LogP contribution in [0.5, 0.6) is 0 Å². The minimum Gasteiger partial charge on any atom is -0.303 e. The Morgan fingerprint density at radius 1 is 0.846 bits per heavy atom. The number of hydrogen-bond acceptors (Lipinski definition) is 8. The normalized spacial score (nSPS) is 24.0. The maximum Gasteiger partial charge on any atom is 0.213 e. The summed E-state index contributed by atoms with van der Waals surface area (Å²) in [5, 5.41) is 24.8. The molecule has 26 heavy (non-hydrogen) atoms. The highest BCUT2D eigenvalue weighted by molar-refractivity contribution is 7.15. The van der Waals surface area contributed by atoms with Crippen molar-refractivity contribution in [1.82, 2.24) is 20.4 Å². The molecule has 1 fully saturated rings. The Kier molecular flexibility index (Phi) is 5.07. The number of nitrogens with one attached hydrogen (secondary N) is 2. The first kappa shape index (κ1) is 18.8. The summed E-state index contributed by atoms with van der Waals surface area (Å²) in [5.74, 6) is 0.401. The molecule has 2 atom stereocenters. The quantitative estimate of drug-likeness (QED) is 0.728. The number of carbonyl (C=O) groups excluding carboxylic acids is 2. The van der Waals surface area contributed by atoms with Crippen molar-refractivity contribution in [2.45, 2.75) is 52.4 Å². The number of aromatic nitrogens is 4. The Labute approximate surface area is 159 Å². The van der Waals surface area contributed by atoms with Crippen molar-refractivity contribution in [3.8, 4) is 0 Å². The highest BCUT2D eigenvalue weighted by Crippen LogP contribution is 2.59. The van der Waals surface area contributed by atoms with E-state index in [1.165, 1.54) is 22.7 Å². The number of amides is 2. The second-order valence-corrected chi connectivity index (χ2v) is 9.93. The molecule has 140 valence electrons. The van der Waals surface area contributed by atoms with E-state index in [2.05, 4.69) is 58.7 Å². The van der Waals surface area contributed by atoms with Crippen LogP contribution in [-0.4, -0.2) is 33.2 Å². The molecule has 3 rings (SSSR count). The summed E-state index contributed by atoms with van der Waals surface area (Å²) >= 11 is 2.84. The van der Waals surface area contributed by atoms with E-state index < -0.39 is 0 Å². The van der Waals surface area contributed by atoms with Gasteiger partial charge in [0, 0.05) is 11.8 Å². The highest BCUT2D eigenvalue weighted by Gasteiger charge is 2.49. The average molecular weight is 395 g/mol. The lowest BCUT2D eigenvalue weighted by Crippen LogP contribution is -2.40. The van der Waals surface area contributed by atoms with E-state index in [1.807, 2.05) is 0 Å². The molecule has 2 N–H and O–H groups in total. The number of hydrogen-bond donors (Lipinski definition) is 2. The molecule has 2 aromatic heterocycles. The molecule has 2 heterocycles. The van der Waals surface area contributed by atoms with Crippen LogP contribution in [0.25, 0.3) is 0 Å². The molecule has 1 saturated carbocycles. The lowest BCUT2D eigenvalue weighted by molar-refractivity contribution is -0.106. The smallest absolute Gasteiger partial charge is 0.213 e. The first-order valence-electron chi connectivity index (χ1n) is 8.34. The van der Waals surface area contributed by atoms with E-state index in [0.29, 0.717) is 23.1 Å². The highest BCUT2D eigenvalue weighted by atomic mass is 32.1. The molecule has 0 saturated heterocycles. The zero-order chi connectivity index (χ0) is 18.9. The van der Waals surface area contributed by atoms with E-state index in [1.54, 1.807) is 0 Å². The minimum atomic E-state index is 0.0343. The van der Waals surface area contributed by atoms with Crippen molar-refractivity contribution in [1.29, 1.82) is 0 Å². The standard InChI is InChI=1S/C16H22N6O2S2/c1-15(2)6-16(3,4)10(12-20-22-14(26-12)18-8-24)5-9(15)11-19-21-13(25-11)17-7-23/h7-10H,5-6H2,1-4H3,(H,17,21,23)(H,18,22,24)/t9-,10-/m0/s1. The fourth-order valence-electron chi connectivity index (χ4n) is 4.13. The van der Waals surface area contributed by atoms with Gasteiger partial charge in [-0.05, 0) is 23.7 Å². The van der Waals surface area contributed by atoms with Gasteiger partial charge in [0.1, 0.15) is 10.0 Å². The number of rotatable bonds is 6. The third-order valence-corrected chi connectivity index (χ3v) is 7.05. The van der Waals surface area contributed by atoms with Gasteiger partial charge in [0.15, 0.2) is 0 Å². The summed E-state index contributed by atoms with van der Waals surface area (Å²) in [7, 11) is 0. The van der Waals surface area contributed by atoms with Crippen molar-refractivity contribution in [3.05, 3.63) is 10.0 Å². The van der Waals surface area contributed by atoms with Crippen LogP contribution in [0.15, 0.2) is 0 Å². The topological polar surface area (TPSA) is 110 Å². The van der Waals surface area contributed by atoms with Gasteiger partial charge in [0.05, 0.1) is 0 Å². The summed E-state index contributed by atoms with van der Waals surface area (Å²) in [6.07, 6.45) is 3.09. The van der Waals surface area contributed by atoms with E-state index in [0.717, 1.165) is 22.9 Å². The largest absolute Gasteiger partial charge is 0.303 e. The number of nitrogens with zero attached hydrogens (tertiary/aromatic N) is 4.